The molecule has 1 unspecified atom stereocenters. The molecule has 0 aromatic heterocycles. The molecule has 3 nitrogen and oxygen atoms in total. The van der Waals surface area contributed by atoms with Gasteiger partial charge >= 0.3 is 0 Å². The Morgan fingerprint density at radius 1 is 1.17 bits per heavy atom. The van der Waals surface area contributed by atoms with Crippen molar-refractivity contribution in [2.75, 3.05) is 13.1 Å². The molecular formula is C20H18ClNO2. The minimum Gasteiger partial charge on any atom is -0.480 e. The van der Waals surface area contributed by atoms with E-state index < -0.39 is 6.10 Å². The van der Waals surface area contributed by atoms with Gasteiger partial charge in [-0.15, -0.1) is 0 Å². The van der Waals surface area contributed by atoms with Gasteiger partial charge in [0.05, 0.1) is 0 Å². The van der Waals surface area contributed by atoms with Crippen molar-refractivity contribution in [3.63, 3.8) is 0 Å². The van der Waals surface area contributed by atoms with Crippen molar-refractivity contribution >= 4 is 23.1 Å². The lowest BCUT2D eigenvalue weighted by Crippen LogP contribution is -2.43. The van der Waals surface area contributed by atoms with Crippen LogP contribution in [0.4, 0.5) is 0 Å². The molecule has 1 atom stereocenters. The largest absolute Gasteiger partial charge is 0.480 e. The number of nitrogens with zero attached hydrogens (tertiary/aromatic N) is 1. The van der Waals surface area contributed by atoms with Gasteiger partial charge in [-0.05, 0) is 41.3 Å². The zero-order chi connectivity index (χ0) is 16.5. The molecule has 4 rings (SSSR count). The molecule has 0 fully saturated rings. The number of benzene rings is 2. The predicted molar refractivity (Wildman–Crippen MR) is 95.2 cm³/mol. The average Bonchev–Trinajstić information content (AvgIpc) is 3.05. The molecule has 4 heteroatoms. The Morgan fingerprint density at radius 2 is 2.00 bits per heavy atom. The maximum Gasteiger partial charge on any atom is 0.264 e. The van der Waals surface area contributed by atoms with Crippen molar-refractivity contribution in [2.45, 2.75) is 18.9 Å². The summed E-state index contributed by atoms with van der Waals surface area (Å²) in [6.07, 6.45) is 3.20. The van der Waals surface area contributed by atoms with Gasteiger partial charge in [-0.2, -0.15) is 0 Å². The number of rotatable bonds is 2. The van der Waals surface area contributed by atoms with E-state index in [1.807, 2.05) is 35.2 Å². The van der Waals surface area contributed by atoms with Gasteiger partial charge in [0.15, 0.2) is 6.10 Å². The standard InChI is InChI=1S/C20H18ClNO2/c21-17-6-7-18-16(12-17)13-19(24-18)20(23)22-10-8-15(9-11-22)14-4-2-1-3-5-14/h1-8,12,19H,9-11,13H2. The number of carbonyl (C=O) groups is 1. The van der Waals surface area contributed by atoms with E-state index in [-0.39, 0.29) is 5.91 Å². The highest BCUT2D eigenvalue weighted by molar-refractivity contribution is 6.30. The summed E-state index contributed by atoms with van der Waals surface area (Å²) in [5.41, 5.74) is 3.56. The van der Waals surface area contributed by atoms with Crippen molar-refractivity contribution in [1.29, 1.82) is 0 Å². The first kappa shape index (κ1) is 15.3. The van der Waals surface area contributed by atoms with E-state index >= 15 is 0 Å². The normalized spacial score (nSPS) is 19.5. The number of ether oxygens (including phenoxy) is 1. The number of halogens is 1. The van der Waals surface area contributed by atoms with Crippen LogP contribution in [0.1, 0.15) is 17.5 Å². The van der Waals surface area contributed by atoms with Crippen LogP contribution in [0.3, 0.4) is 0 Å². The van der Waals surface area contributed by atoms with E-state index in [1.54, 1.807) is 6.07 Å². The van der Waals surface area contributed by atoms with E-state index in [9.17, 15) is 4.79 Å². The molecule has 2 aliphatic heterocycles. The highest BCUT2D eigenvalue weighted by atomic mass is 35.5. The summed E-state index contributed by atoms with van der Waals surface area (Å²) in [7, 11) is 0. The first-order valence-electron chi connectivity index (χ1n) is 8.19. The summed E-state index contributed by atoms with van der Waals surface area (Å²) < 4.78 is 5.82. The third-order valence-corrected chi connectivity index (χ3v) is 4.87. The van der Waals surface area contributed by atoms with Crippen LogP contribution in [0.5, 0.6) is 5.75 Å². The van der Waals surface area contributed by atoms with Gasteiger partial charge in [-0.1, -0.05) is 48.0 Å². The molecule has 0 bridgehead atoms. The zero-order valence-corrected chi connectivity index (χ0v) is 14.0. The van der Waals surface area contributed by atoms with Crippen LogP contribution in [0.25, 0.3) is 5.57 Å². The molecule has 0 radical (unpaired) electrons. The van der Waals surface area contributed by atoms with Gasteiger partial charge in [-0.3, -0.25) is 4.79 Å². The van der Waals surface area contributed by atoms with Crippen LogP contribution in [0.2, 0.25) is 5.02 Å². The Balaban J connectivity index is 1.43. The fourth-order valence-corrected chi connectivity index (χ4v) is 3.54. The van der Waals surface area contributed by atoms with Crippen molar-refractivity contribution < 1.29 is 9.53 Å². The molecule has 0 spiro atoms. The predicted octanol–water partition coefficient (Wildman–Crippen LogP) is 3.96. The Bertz CT molecular complexity index is 801. The van der Waals surface area contributed by atoms with Crippen molar-refractivity contribution in [2.24, 2.45) is 0 Å². The first-order chi connectivity index (χ1) is 11.7. The van der Waals surface area contributed by atoms with Crippen LogP contribution in [0, 0.1) is 0 Å². The number of hydrogen-bond donors (Lipinski definition) is 0. The van der Waals surface area contributed by atoms with E-state index in [2.05, 4.69) is 18.2 Å². The summed E-state index contributed by atoms with van der Waals surface area (Å²) in [4.78, 5) is 14.6. The Kier molecular flexibility index (Phi) is 4.03. The summed E-state index contributed by atoms with van der Waals surface area (Å²) >= 11 is 6.01. The Labute approximate surface area is 146 Å². The smallest absolute Gasteiger partial charge is 0.264 e. The maximum atomic E-state index is 12.7. The number of carbonyl (C=O) groups excluding carboxylic acids is 1. The third kappa shape index (κ3) is 2.92. The molecule has 0 N–H and O–H groups in total. The molecule has 2 heterocycles. The van der Waals surface area contributed by atoms with Gasteiger partial charge in [0.1, 0.15) is 5.75 Å². The second-order valence-electron chi connectivity index (χ2n) is 6.19. The van der Waals surface area contributed by atoms with Crippen LogP contribution < -0.4 is 4.74 Å². The quantitative estimate of drug-likeness (QED) is 0.828. The third-order valence-electron chi connectivity index (χ3n) is 4.64. The highest BCUT2D eigenvalue weighted by Gasteiger charge is 2.33. The Morgan fingerprint density at radius 3 is 2.75 bits per heavy atom. The summed E-state index contributed by atoms with van der Waals surface area (Å²) in [6.45, 7) is 1.37. The number of fused-ring (bicyclic) bond motifs is 1. The van der Waals surface area contributed by atoms with Crippen LogP contribution in [-0.2, 0) is 11.2 Å². The molecule has 2 aliphatic rings. The second-order valence-corrected chi connectivity index (χ2v) is 6.63. The highest BCUT2D eigenvalue weighted by Crippen LogP contribution is 2.32. The minimum absolute atomic E-state index is 0.0608. The van der Waals surface area contributed by atoms with Gasteiger partial charge in [-0.25, -0.2) is 0 Å². The monoisotopic (exact) mass is 339 g/mol. The summed E-state index contributed by atoms with van der Waals surface area (Å²) in [5, 5.41) is 0.679. The van der Waals surface area contributed by atoms with E-state index in [1.165, 1.54) is 11.1 Å². The lowest BCUT2D eigenvalue weighted by atomic mass is 9.99. The average molecular weight is 340 g/mol. The first-order valence-corrected chi connectivity index (χ1v) is 8.57. The summed E-state index contributed by atoms with van der Waals surface area (Å²) in [6, 6.07) is 15.9. The van der Waals surface area contributed by atoms with Crippen LogP contribution in [-0.4, -0.2) is 30.0 Å². The van der Waals surface area contributed by atoms with Crippen molar-refractivity contribution in [3.05, 3.63) is 70.8 Å². The second kappa shape index (κ2) is 6.33. The summed E-state index contributed by atoms with van der Waals surface area (Å²) in [5.74, 6) is 0.834. The molecule has 24 heavy (non-hydrogen) atoms. The lowest BCUT2D eigenvalue weighted by Gasteiger charge is -2.28. The van der Waals surface area contributed by atoms with E-state index in [0.29, 0.717) is 18.0 Å². The number of amides is 1. The molecule has 0 aliphatic carbocycles. The topological polar surface area (TPSA) is 29.5 Å². The van der Waals surface area contributed by atoms with Gasteiger partial charge in [0.2, 0.25) is 0 Å². The fourth-order valence-electron chi connectivity index (χ4n) is 3.34. The number of hydrogen-bond acceptors (Lipinski definition) is 2. The van der Waals surface area contributed by atoms with Crippen molar-refractivity contribution in [1.82, 2.24) is 4.90 Å². The molecule has 2 aromatic carbocycles. The zero-order valence-electron chi connectivity index (χ0n) is 13.2. The molecule has 1 amide bonds. The van der Waals surface area contributed by atoms with E-state index in [4.69, 9.17) is 16.3 Å². The minimum atomic E-state index is -0.426. The fraction of sp³-hybridized carbons (Fsp3) is 0.250. The SMILES string of the molecule is O=C(C1Cc2cc(Cl)ccc2O1)N1CC=C(c2ccccc2)CC1. The maximum absolute atomic E-state index is 12.7. The lowest BCUT2D eigenvalue weighted by molar-refractivity contribution is -0.137. The molecule has 2 aromatic rings. The Hall–Kier alpha value is -2.26. The molecule has 122 valence electrons. The van der Waals surface area contributed by atoms with Gasteiger partial charge in [0, 0.05) is 24.5 Å². The van der Waals surface area contributed by atoms with Crippen LogP contribution in [0.15, 0.2) is 54.6 Å². The van der Waals surface area contributed by atoms with Gasteiger partial charge < -0.3 is 9.64 Å². The molecular weight excluding hydrogens is 322 g/mol. The molecule has 0 saturated carbocycles. The molecule has 0 saturated heterocycles. The van der Waals surface area contributed by atoms with E-state index in [0.717, 1.165) is 24.3 Å². The van der Waals surface area contributed by atoms with Gasteiger partial charge in [0.25, 0.3) is 5.91 Å². The van der Waals surface area contributed by atoms with Crippen molar-refractivity contribution in [3.8, 4) is 5.75 Å². The van der Waals surface area contributed by atoms with Crippen LogP contribution >= 0.6 is 11.6 Å².